The maximum atomic E-state index is 13.0. The van der Waals surface area contributed by atoms with Gasteiger partial charge in [-0.15, -0.1) is 0 Å². The fourth-order valence-electron chi connectivity index (χ4n) is 4.74. The largest absolute Gasteiger partial charge is 0.371 e. The Morgan fingerprint density at radius 3 is 2.44 bits per heavy atom. The minimum absolute atomic E-state index is 0.150. The van der Waals surface area contributed by atoms with Crippen LogP contribution >= 0.6 is 0 Å². The van der Waals surface area contributed by atoms with Gasteiger partial charge >= 0.3 is 0 Å². The summed E-state index contributed by atoms with van der Waals surface area (Å²) in [6.45, 7) is 10.1. The SMILES string of the molecule is Cc1cc(C)c(CNC(=O)c2cc(C)n(-c3cccc(N4CCCCC4)c3)c2C)c(=O)[nH]1. The summed E-state index contributed by atoms with van der Waals surface area (Å²) < 4.78 is 2.13. The number of anilines is 1. The van der Waals surface area contributed by atoms with Crippen LogP contribution in [0.1, 0.15) is 57.8 Å². The number of pyridine rings is 1. The molecule has 1 amide bonds. The number of carbonyl (C=O) groups excluding carboxylic acids is 1. The molecule has 0 spiro atoms. The predicted molar refractivity (Wildman–Crippen MR) is 129 cm³/mol. The minimum Gasteiger partial charge on any atom is -0.371 e. The van der Waals surface area contributed by atoms with Gasteiger partial charge in [-0.3, -0.25) is 9.59 Å². The summed E-state index contributed by atoms with van der Waals surface area (Å²) in [6, 6.07) is 12.4. The number of nitrogens with one attached hydrogen (secondary N) is 2. The molecule has 3 heterocycles. The van der Waals surface area contributed by atoms with E-state index in [0.717, 1.165) is 41.4 Å². The molecule has 4 rings (SSSR count). The molecule has 1 aliphatic rings. The summed E-state index contributed by atoms with van der Waals surface area (Å²) in [6.07, 6.45) is 3.78. The minimum atomic E-state index is -0.170. The number of nitrogens with zero attached hydrogens (tertiary/aromatic N) is 2. The molecule has 0 atom stereocenters. The van der Waals surface area contributed by atoms with Crippen molar-refractivity contribution in [1.82, 2.24) is 14.9 Å². The van der Waals surface area contributed by atoms with Gasteiger partial charge in [0, 0.05) is 53.7 Å². The number of rotatable bonds is 5. The molecule has 0 radical (unpaired) electrons. The fraction of sp³-hybridized carbons (Fsp3) is 0.385. The molecule has 6 heteroatoms. The van der Waals surface area contributed by atoms with Crippen molar-refractivity contribution in [3.63, 3.8) is 0 Å². The molecular weight excluding hydrogens is 400 g/mol. The first-order chi connectivity index (χ1) is 15.3. The van der Waals surface area contributed by atoms with Gasteiger partial charge in [-0.2, -0.15) is 0 Å². The van der Waals surface area contributed by atoms with Gasteiger partial charge in [0.05, 0.1) is 5.56 Å². The van der Waals surface area contributed by atoms with Gasteiger partial charge in [0.1, 0.15) is 0 Å². The smallest absolute Gasteiger partial charge is 0.253 e. The summed E-state index contributed by atoms with van der Waals surface area (Å²) in [4.78, 5) is 30.5. The summed E-state index contributed by atoms with van der Waals surface area (Å²) >= 11 is 0. The molecule has 0 unspecified atom stereocenters. The van der Waals surface area contributed by atoms with Crippen LogP contribution in [0.3, 0.4) is 0 Å². The first-order valence-corrected chi connectivity index (χ1v) is 11.4. The van der Waals surface area contributed by atoms with Gasteiger partial charge in [0.25, 0.3) is 11.5 Å². The van der Waals surface area contributed by atoms with Crippen molar-refractivity contribution >= 4 is 11.6 Å². The van der Waals surface area contributed by atoms with Crippen LogP contribution < -0.4 is 15.8 Å². The quantitative estimate of drug-likeness (QED) is 0.631. The first kappa shape index (κ1) is 21.9. The third-order valence-electron chi connectivity index (χ3n) is 6.40. The molecule has 1 aliphatic heterocycles. The second kappa shape index (κ2) is 9.07. The van der Waals surface area contributed by atoms with Crippen LogP contribution in [0, 0.1) is 27.7 Å². The van der Waals surface area contributed by atoms with Gasteiger partial charge in [0.15, 0.2) is 0 Å². The van der Waals surface area contributed by atoms with Crippen molar-refractivity contribution < 1.29 is 4.79 Å². The van der Waals surface area contributed by atoms with Gasteiger partial charge in [-0.25, -0.2) is 0 Å². The number of hydrogen-bond acceptors (Lipinski definition) is 3. The van der Waals surface area contributed by atoms with Crippen molar-refractivity contribution in [2.45, 2.75) is 53.5 Å². The normalized spacial score (nSPS) is 13.9. The van der Waals surface area contributed by atoms with Gasteiger partial charge in [-0.05, 0) is 82.9 Å². The molecule has 32 heavy (non-hydrogen) atoms. The second-order valence-corrected chi connectivity index (χ2v) is 8.81. The Morgan fingerprint density at radius 2 is 1.72 bits per heavy atom. The molecule has 1 saturated heterocycles. The zero-order valence-electron chi connectivity index (χ0n) is 19.4. The average Bonchev–Trinajstić information content (AvgIpc) is 3.07. The maximum absolute atomic E-state index is 13.0. The fourth-order valence-corrected chi connectivity index (χ4v) is 4.74. The number of aryl methyl sites for hydroxylation is 3. The van der Waals surface area contributed by atoms with Crippen molar-refractivity contribution in [3.8, 4) is 5.69 Å². The lowest BCUT2D eigenvalue weighted by Crippen LogP contribution is -2.29. The van der Waals surface area contributed by atoms with E-state index in [1.54, 1.807) is 0 Å². The summed E-state index contributed by atoms with van der Waals surface area (Å²) in [5.41, 5.74) is 6.96. The van der Waals surface area contributed by atoms with E-state index in [1.807, 2.05) is 39.8 Å². The Kier molecular flexibility index (Phi) is 6.21. The Bertz CT molecular complexity index is 1200. The third-order valence-corrected chi connectivity index (χ3v) is 6.40. The van der Waals surface area contributed by atoms with E-state index in [0.29, 0.717) is 11.1 Å². The summed E-state index contributed by atoms with van der Waals surface area (Å²) in [7, 11) is 0. The van der Waals surface area contributed by atoms with Crippen LogP contribution in [0.2, 0.25) is 0 Å². The van der Waals surface area contributed by atoms with Gasteiger partial charge in [-0.1, -0.05) is 6.07 Å². The highest BCUT2D eigenvalue weighted by Gasteiger charge is 2.18. The van der Waals surface area contributed by atoms with E-state index in [2.05, 4.69) is 44.0 Å². The molecule has 0 saturated carbocycles. The molecule has 1 aromatic carbocycles. The number of aromatic nitrogens is 2. The summed E-state index contributed by atoms with van der Waals surface area (Å²) in [5.74, 6) is -0.170. The second-order valence-electron chi connectivity index (χ2n) is 8.81. The standard InChI is InChI=1S/C26H32N4O2/c1-17-13-18(2)28-26(32)24(17)16-27-25(31)23-14-19(3)30(20(23)4)22-10-8-9-21(15-22)29-11-6-5-7-12-29/h8-10,13-15H,5-7,11-12,16H2,1-4H3,(H,27,31)(H,28,32). The first-order valence-electron chi connectivity index (χ1n) is 11.4. The molecular formula is C26H32N4O2. The molecule has 1 fully saturated rings. The van der Waals surface area contributed by atoms with Crippen molar-refractivity contribution in [3.05, 3.63) is 80.5 Å². The number of hydrogen-bond donors (Lipinski definition) is 2. The van der Waals surface area contributed by atoms with Gasteiger partial charge in [0.2, 0.25) is 0 Å². The Balaban J connectivity index is 1.57. The van der Waals surface area contributed by atoms with Crippen LogP contribution in [0.4, 0.5) is 5.69 Å². The van der Waals surface area contributed by atoms with Gasteiger partial charge < -0.3 is 19.8 Å². The van der Waals surface area contributed by atoms with Crippen LogP contribution in [0.15, 0.2) is 41.2 Å². The van der Waals surface area contributed by atoms with E-state index in [1.165, 1.54) is 24.9 Å². The Morgan fingerprint density at radius 1 is 1.00 bits per heavy atom. The van der Waals surface area contributed by atoms with E-state index in [4.69, 9.17) is 0 Å². The van der Waals surface area contributed by atoms with E-state index in [9.17, 15) is 9.59 Å². The van der Waals surface area contributed by atoms with Crippen molar-refractivity contribution in [2.75, 3.05) is 18.0 Å². The zero-order chi connectivity index (χ0) is 22.8. The van der Waals surface area contributed by atoms with Crippen molar-refractivity contribution in [1.29, 1.82) is 0 Å². The Hall–Kier alpha value is -3.28. The lowest BCUT2D eigenvalue weighted by molar-refractivity contribution is 0.0950. The molecule has 0 bridgehead atoms. The summed E-state index contributed by atoms with van der Waals surface area (Å²) in [5, 5.41) is 2.93. The highest BCUT2D eigenvalue weighted by molar-refractivity contribution is 5.95. The highest BCUT2D eigenvalue weighted by atomic mass is 16.2. The topological polar surface area (TPSA) is 70.1 Å². The molecule has 3 aromatic rings. The van der Waals surface area contributed by atoms with Crippen LogP contribution in [0.5, 0.6) is 0 Å². The number of piperidine rings is 1. The number of benzene rings is 1. The Labute approximate surface area is 189 Å². The van der Waals surface area contributed by atoms with Crippen molar-refractivity contribution in [2.24, 2.45) is 0 Å². The number of H-pyrrole nitrogens is 1. The maximum Gasteiger partial charge on any atom is 0.253 e. The molecule has 2 N–H and O–H groups in total. The van der Waals surface area contributed by atoms with Crippen LogP contribution in [-0.2, 0) is 6.54 Å². The number of amides is 1. The molecule has 6 nitrogen and oxygen atoms in total. The number of carbonyl (C=O) groups is 1. The average molecular weight is 433 g/mol. The van der Waals surface area contributed by atoms with E-state index in [-0.39, 0.29) is 18.0 Å². The molecule has 2 aromatic heterocycles. The molecule has 0 aliphatic carbocycles. The highest BCUT2D eigenvalue weighted by Crippen LogP contribution is 2.26. The predicted octanol–water partition coefficient (Wildman–Crippen LogP) is 4.32. The lowest BCUT2D eigenvalue weighted by atomic mass is 10.1. The van der Waals surface area contributed by atoms with E-state index >= 15 is 0 Å². The third kappa shape index (κ3) is 4.35. The number of aromatic amines is 1. The zero-order valence-corrected chi connectivity index (χ0v) is 19.4. The van der Waals surface area contributed by atoms with Crippen LogP contribution in [-0.4, -0.2) is 28.5 Å². The lowest BCUT2D eigenvalue weighted by Gasteiger charge is -2.29. The monoisotopic (exact) mass is 432 g/mol. The van der Waals surface area contributed by atoms with E-state index < -0.39 is 0 Å². The molecule has 168 valence electrons. The van der Waals surface area contributed by atoms with Crippen LogP contribution in [0.25, 0.3) is 5.69 Å².